The number of carbonyl (C=O) groups excluding carboxylic acids is 2. The largest absolute Gasteiger partial charge is 0.393 e. The summed E-state index contributed by atoms with van der Waals surface area (Å²) in [6.07, 6.45) is 2.90. The van der Waals surface area contributed by atoms with E-state index in [4.69, 9.17) is 9.72 Å². The molecule has 0 bridgehead atoms. The number of aryl methyl sites for hydroxylation is 1. The number of piperazine rings is 1. The number of alkyl halides is 3. The molecule has 1 aliphatic carbocycles. The lowest BCUT2D eigenvalue weighted by atomic mass is 9.93. The van der Waals surface area contributed by atoms with Crippen LogP contribution in [-0.2, 0) is 34.5 Å². The summed E-state index contributed by atoms with van der Waals surface area (Å²) in [5, 5.41) is 16.2. The number of aliphatic hydroxyl groups is 1. The highest BCUT2D eigenvalue weighted by Crippen LogP contribution is 2.37. The van der Waals surface area contributed by atoms with Crippen molar-refractivity contribution in [3.8, 4) is 11.1 Å². The molecular formula is C47H59F3N10O5. The Morgan fingerprint density at radius 3 is 2.34 bits per heavy atom. The van der Waals surface area contributed by atoms with E-state index < -0.39 is 30.6 Å². The van der Waals surface area contributed by atoms with Gasteiger partial charge in [0.2, 0.25) is 17.8 Å². The number of carbonyl (C=O) groups is 2. The highest BCUT2D eigenvalue weighted by molar-refractivity contribution is 6.00. The van der Waals surface area contributed by atoms with Gasteiger partial charge in [-0.2, -0.15) is 18.2 Å². The predicted molar refractivity (Wildman–Crippen MR) is 240 cm³/mol. The normalized spacial score (nSPS) is 22.4. The van der Waals surface area contributed by atoms with E-state index in [1.165, 1.54) is 17.1 Å². The topological polar surface area (TPSA) is 155 Å². The number of hydrogen-bond acceptors (Lipinski definition) is 11. The van der Waals surface area contributed by atoms with Gasteiger partial charge in [-0.25, -0.2) is 9.78 Å². The fraction of sp³-hybridized carbons (Fsp3) is 0.553. The smallest absolute Gasteiger partial charge is 0.391 e. The molecule has 6 heterocycles. The Morgan fingerprint density at radius 1 is 0.908 bits per heavy atom. The van der Waals surface area contributed by atoms with Crippen molar-refractivity contribution in [1.82, 2.24) is 43.7 Å². The van der Waals surface area contributed by atoms with Crippen LogP contribution in [0.3, 0.4) is 0 Å². The van der Waals surface area contributed by atoms with Crippen LogP contribution in [0.5, 0.6) is 0 Å². The number of amides is 2. The molecule has 18 heteroatoms. The molecular weight excluding hydrogens is 842 g/mol. The third-order valence-corrected chi connectivity index (χ3v) is 13.7. The van der Waals surface area contributed by atoms with Crippen molar-refractivity contribution in [2.75, 3.05) is 57.7 Å². The molecule has 1 unspecified atom stereocenters. The molecule has 2 aromatic carbocycles. The van der Waals surface area contributed by atoms with Gasteiger partial charge >= 0.3 is 11.9 Å². The first-order valence-corrected chi connectivity index (χ1v) is 23.0. The number of nitrogens with one attached hydrogen (secondary N) is 2. The maximum atomic E-state index is 13.1. The lowest BCUT2D eigenvalue weighted by Gasteiger charge is -2.39. The van der Waals surface area contributed by atoms with Crippen molar-refractivity contribution in [2.24, 2.45) is 7.05 Å². The quantitative estimate of drug-likeness (QED) is 0.0919. The van der Waals surface area contributed by atoms with Gasteiger partial charge in [-0.05, 0) is 74.3 Å². The molecule has 3 aliphatic heterocycles. The van der Waals surface area contributed by atoms with Crippen LogP contribution in [0.2, 0.25) is 0 Å². The number of likely N-dealkylation sites (tertiary alicyclic amines) is 1. The first-order valence-electron chi connectivity index (χ1n) is 23.0. The SMILES string of the molecule is C[C@@H](CC(F)(F)F)Nc1ncc2c(-c3ccc(CN4CCN(CCCOC5CN(Cc6ccc7c(c6)n(C)c(=O)n7C6CCC(=O)NC6=O)C5)CC4)cc3)cn(C3CCC(O)CC3)c2n1. The third kappa shape index (κ3) is 10.3. The summed E-state index contributed by atoms with van der Waals surface area (Å²) in [5.74, 6) is -0.568. The average molecular weight is 901 g/mol. The van der Waals surface area contributed by atoms with Crippen molar-refractivity contribution < 1.29 is 32.6 Å². The number of benzene rings is 2. The number of imidazole rings is 1. The maximum absolute atomic E-state index is 13.1. The standard InChI is InChI=1S/C47H59F3N10O5/c1-30(23-47(48,49)50)52-45-51-24-37-38(29-59(43(37)54-45)34-9-11-35(61)12-10-34)33-7-4-31(5-8-33)25-57-19-17-56(18-20-57)16-3-21-65-36-27-58(28-36)26-32-6-13-39-41(22-32)55(2)46(64)60(39)40-14-15-42(62)53-44(40)63/h4-8,13,22,24,29-30,34-36,40,61H,3,9-12,14-21,23,25-28H2,1-2H3,(H,51,52,54)(H,53,62,63)/t30-,34?,35?,40?/m0/s1. The van der Waals surface area contributed by atoms with Crippen LogP contribution < -0.4 is 16.3 Å². The van der Waals surface area contributed by atoms with Gasteiger partial charge in [0.1, 0.15) is 11.7 Å². The highest BCUT2D eigenvalue weighted by Gasteiger charge is 2.33. The Morgan fingerprint density at radius 2 is 1.62 bits per heavy atom. The fourth-order valence-corrected chi connectivity index (χ4v) is 10.1. The van der Waals surface area contributed by atoms with E-state index in [1.807, 2.05) is 18.2 Å². The van der Waals surface area contributed by atoms with Crippen LogP contribution in [0.15, 0.2) is 59.7 Å². The minimum absolute atomic E-state index is 0.127. The highest BCUT2D eigenvalue weighted by atomic mass is 19.4. The van der Waals surface area contributed by atoms with Gasteiger partial charge in [-0.3, -0.25) is 33.8 Å². The van der Waals surface area contributed by atoms with E-state index in [-0.39, 0.29) is 42.2 Å². The first-order chi connectivity index (χ1) is 31.2. The third-order valence-electron chi connectivity index (χ3n) is 13.7. The first kappa shape index (κ1) is 45.0. The molecule has 5 aromatic rings. The molecule has 15 nitrogen and oxygen atoms in total. The van der Waals surface area contributed by atoms with Gasteiger partial charge in [0.25, 0.3) is 0 Å². The number of ether oxygens (including phenoxy) is 1. The molecule has 2 atom stereocenters. The molecule has 2 amide bonds. The number of nitrogens with zero attached hydrogens (tertiary/aromatic N) is 8. The van der Waals surface area contributed by atoms with Crippen molar-refractivity contribution in [2.45, 2.75) is 108 Å². The molecule has 9 rings (SSSR count). The Bertz CT molecular complexity index is 2550. The fourth-order valence-electron chi connectivity index (χ4n) is 10.1. The summed E-state index contributed by atoms with van der Waals surface area (Å²) >= 11 is 0. The number of halogens is 3. The van der Waals surface area contributed by atoms with Crippen LogP contribution in [0, 0.1) is 0 Å². The van der Waals surface area contributed by atoms with E-state index in [0.29, 0.717) is 30.4 Å². The molecule has 4 fully saturated rings. The van der Waals surface area contributed by atoms with Crippen LogP contribution in [-0.4, -0.2) is 132 Å². The van der Waals surface area contributed by atoms with Crippen molar-refractivity contribution in [3.05, 3.63) is 76.5 Å². The molecule has 0 spiro atoms. The van der Waals surface area contributed by atoms with Crippen LogP contribution in [0.25, 0.3) is 33.2 Å². The van der Waals surface area contributed by atoms with Crippen LogP contribution in [0.1, 0.15) is 81.5 Å². The van der Waals surface area contributed by atoms with Gasteiger partial charge < -0.3 is 24.6 Å². The molecule has 348 valence electrons. The summed E-state index contributed by atoms with van der Waals surface area (Å²) in [5.41, 5.74) is 6.20. The summed E-state index contributed by atoms with van der Waals surface area (Å²) < 4.78 is 50.6. The second-order valence-corrected chi connectivity index (χ2v) is 18.6. The Labute approximate surface area is 375 Å². The second-order valence-electron chi connectivity index (χ2n) is 18.6. The maximum Gasteiger partial charge on any atom is 0.391 e. The lowest BCUT2D eigenvalue weighted by molar-refractivity contribution is -0.137. The molecule has 65 heavy (non-hydrogen) atoms. The minimum atomic E-state index is -4.29. The number of imide groups is 1. The van der Waals surface area contributed by atoms with E-state index in [1.54, 1.807) is 17.8 Å². The zero-order chi connectivity index (χ0) is 45.4. The molecule has 4 aliphatic rings. The molecule has 3 aromatic heterocycles. The van der Waals surface area contributed by atoms with Gasteiger partial charge in [-0.1, -0.05) is 30.3 Å². The molecule has 0 radical (unpaired) electrons. The molecule has 1 saturated carbocycles. The number of hydrogen-bond donors (Lipinski definition) is 3. The number of aromatic nitrogens is 5. The van der Waals surface area contributed by atoms with E-state index in [0.717, 1.165) is 112 Å². The van der Waals surface area contributed by atoms with Crippen LogP contribution >= 0.6 is 0 Å². The van der Waals surface area contributed by atoms with Crippen molar-refractivity contribution >= 4 is 39.8 Å². The number of anilines is 1. The van der Waals surface area contributed by atoms with Crippen LogP contribution in [0.4, 0.5) is 19.1 Å². The monoisotopic (exact) mass is 900 g/mol. The summed E-state index contributed by atoms with van der Waals surface area (Å²) in [7, 11) is 1.71. The van der Waals surface area contributed by atoms with Crippen molar-refractivity contribution in [1.29, 1.82) is 0 Å². The van der Waals surface area contributed by atoms with E-state index in [2.05, 4.69) is 65.3 Å². The Hall–Kier alpha value is -5.14. The van der Waals surface area contributed by atoms with E-state index >= 15 is 0 Å². The van der Waals surface area contributed by atoms with Gasteiger partial charge in [0.15, 0.2) is 0 Å². The zero-order valence-electron chi connectivity index (χ0n) is 37.1. The van der Waals surface area contributed by atoms with Gasteiger partial charge in [0, 0.05) is 114 Å². The molecule has 3 saturated heterocycles. The Kier molecular flexibility index (Phi) is 13.2. The number of piperidine rings is 1. The second kappa shape index (κ2) is 19.0. The summed E-state index contributed by atoms with van der Waals surface area (Å²) in [6, 6.07) is 13.1. The number of aliphatic hydroxyl groups excluding tert-OH is 1. The minimum Gasteiger partial charge on any atom is -0.393 e. The van der Waals surface area contributed by atoms with Gasteiger partial charge in [0.05, 0.1) is 29.7 Å². The summed E-state index contributed by atoms with van der Waals surface area (Å²) in [6.45, 7) is 10.5. The lowest BCUT2D eigenvalue weighted by Crippen LogP contribution is -2.51. The Balaban J connectivity index is 0.714. The average Bonchev–Trinajstić information content (AvgIpc) is 3.75. The van der Waals surface area contributed by atoms with Crippen molar-refractivity contribution in [3.63, 3.8) is 0 Å². The summed E-state index contributed by atoms with van der Waals surface area (Å²) in [4.78, 5) is 53.8. The zero-order valence-corrected chi connectivity index (χ0v) is 37.1. The van der Waals surface area contributed by atoms with Gasteiger partial charge in [-0.15, -0.1) is 0 Å². The molecule has 3 N–H and O–H groups in total. The number of fused-ring (bicyclic) bond motifs is 2. The van der Waals surface area contributed by atoms with E-state index in [9.17, 15) is 32.7 Å². The predicted octanol–water partition coefficient (Wildman–Crippen LogP) is 5.37. The number of rotatable bonds is 15.